The molecule has 0 aliphatic heterocycles. The van der Waals surface area contributed by atoms with Crippen molar-refractivity contribution in [3.8, 4) is 16.8 Å². The second-order valence-electron chi connectivity index (χ2n) is 5.50. The first-order valence-electron chi connectivity index (χ1n) is 7.35. The highest BCUT2D eigenvalue weighted by Crippen LogP contribution is 2.23. The molecule has 2 aromatic carbocycles. The standard InChI is InChI=1S/C19H15FN2O2/c1-12-9-18(23)22(16-4-2-3-14(10-16)19(21)24)11-17(12)13-5-7-15(20)8-6-13/h2-11H,1H3,(H2,21,24). The summed E-state index contributed by atoms with van der Waals surface area (Å²) in [5.74, 6) is -0.880. The number of pyridine rings is 1. The van der Waals surface area contributed by atoms with Crippen LogP contribution in [-0.4, -0.2) is 10.5 Å². The molecule has 3 aromatic rings. The van der Waals surface area contributed by atoms with E-state index in [9.17, 15) is 14.0 Å². The Balaban J connectivity index is 2.17. The lowest BCUT2D eigenvalue weighted by molar-refractivity contribution is 0.1000. The van der Waals surface area contributed by atoms with Gasteiger partial charge in [-0.15, -0.1) is 0 Å². The van der Waals surface area contributed by atoms with Crippen molar-refractivity contribution in [2.45, 2.75) is 6.92 Å². The van der Waals surface area contributed by atoms with Gasteiger partial charge < -0.3 is 5.73 Å². The molecule has 0 fully saturated rings. The summed E-state index contributed by atoms with van der Waals surface area (Å²) in [6.45, 7) is 1.82. The van der Waals surface area contributed by atoms with E-state index in [1.54, 1.807) is 42.6 Å². The monoisotopic (exact) mass is 322 g/mol. The quantitative estimate of drug-likeness (QED) is 0.805. The van der Waals surface area contributed by atoms with E-state index in [0.29, 0.717) is 11.3 Å². The zero-order valence-electron chi connectivity index (χ0n) is 13.0. The maximum Gasteiger partial charge on any atom is 0.255 e. The van der Waals surface area contributed by atoms with Crippen LogP contribution >= 0.6 is 0 Å². The molecule has 1 amide bonds. The molecule has 4 nitrogen and oxygen atoms in total. The van der Waals surface area contributed by atoms with Gasteiger partial charge in [-0.1, -0.05) is 18.2 Å². The maximum atomic E-state index is 13.1. The van der Waals surface area contributed by atoms with Crippen LogP contribution in [0.25, 0.3) is 16.8 Å². The second kappa shape index (κ2) is 6.12. The van der Waals surface area contributed by atoms with E-state index in [4.69, 9.17) is 5.73 Å². The summed E-state index contributed by atoms with van der Waals surface area (Å²) in [4.78, 5) is 23.7. The van der Waals surface area contributed by atoms with Gasteiger partial charge in [0, 0.05) is 29.1 Å². The zero-order valence-corrected chi connectivity index (χ0v) is 13.0. The molecule has 0 unspecified atom stereocenters. The van der Waals surface area contributed by atoms with Gasteiger partial charge in [0.1, 0.15) is 5.82 Å². The number of benzene rings is 2. The molecular formula is C19H15FN2O2. The number of carbonyl (C=O) groups is 1. The Morgan fingerprint density at radius 3 is 2.46 bits per heavy atom. The van der Waals surface area contributed by atoms with E-state index in [-0.39, 0.29) is 11.4 Å². The van der Waals surface area contributed by atoms with Gasteiger partial charge in [-0.2, -0.15) is 0 Å². The topological polar surface area (TPSA) is 65.1 Å². The summed E-state index contributed by atoms with van der Waals surface area (Å²) >= 11 is 0. The number of amides is 1. The van der Waals surface area contributed by atoms with Gasteiger partial charge in [0.05, 0.1) is 0 Å². The second-order valence-corrected chi connectivity index (χ2v) is 5.50. The van der Waals surface area contributed by atoms with E-state index < -0.39 is 5.91 Å². The van der Waals surface area contributed by atoms with Crippen LogP contribution in [0.2, 0.25) is 0 Å². The van der Waals surface area contributed by atoms with Crippen LogP contribution in [0.1, 0.15) is 15.9 Å². The van der Waals surface area contributed by atoms with Crippen molar-refractivity contribution >= 4 is 5.91 Å². The van der Waals surface area contributed by atoms with Crippen molar-refractivity contribution in [3.05, 3.63) is 88.1 Å². The molecule has 24 heavy (non-hydrogen) atoms. The molecule has 3 rings (SSSR count). The minimum atomic E-state index is -0.559. The minimum absolute atomic E-state index is 0.222. The first kappa shape index (κ1) is 15.7. The number of carbonyl (C=O) groups excluding carboxylic acids is 1. The lowest BCUT2D eigenvalue weighted by Gasteiger charge is -2.12. The number of hydrogen-bond donors (Lipinski definition) is 1. The van der Waals surface area contributed by atoms with Crippen LogP contribution in [0.3, 0.4) is 0 Å². The average Bonchev–Trinajstić information content (AvgIpc) is 2.56. The molecular weight excluding hydrogens is 307 g/mol. The average molecular weight is 322 g/mol. The molecule has 5 heteroatoms. The number of halogens is 1. The molecule has 0 radical (unpaired) electrons. The number of aryl methyl sites for hydroxylation is 1. The number of aromatic nitrogens is 1. The Morgan fingerprint density at radius 2 is 1.79 bits per heavy atom. The molecule has 0 spiro atoms. The van der Waals surface area contributed by atoms with Crippen LogP contribution in [0.5, 0.6) is 0 Å². The summed E-state index contributed by atoms with van der Waals surface area (Å²) in [6, 6.07) is 14.1. The summed E-state index contributed by atoms with van der Waals surface area (Å²) in [7, 11) is 0. The van der Waals surface area contributed by atoms with Gasteiger partial charge >= 0.3 is 0 Å². The largest absolute Gasteiger partial charge is 0.366 e. The molecule has 0 saturated carbocycles. The Morgan fingerprint density at radius 1 is 1.08 bits per heavy atom. The van der Waals surface area contributed by atoms with E-state index >= 15 is 0 Å². The third-order valence-electron chi connectivity index (χ3n) is 3.82. The number of nitrogens with zero attached hydrogens (tertiary/aromatic N) is 1. The normalized spacial score (nSPS) is 10.6. The Labute approximate surface area is 138 Å². The summed E-state index contributed by atoms with van der Waals surface area (Å²) in [6.07, 6.45) is 1.69. The molecule has 120 valence electrons. The Kier molecular flexibility index (Phi) is 4.00. The molecule has 0 bridgehead atoms. The van der Waals surface area contributed by atoms with E-state index in [1.807, 2.05) is 6.92 Å². The van der Waals surface area contributed by atoms with Gasteiger partial charge in [0.15, 0.2) is 0 Å². The zero-order chi connectivity index (χ0) is 17.3. The fraction of sp³-hybridized carbons (Fsp3) is 0.0526. The van der Waals surface area contributed by atoms with Crippen LogP contribution in [0.15, 0.2) is 65.6 Å². The fourth-order valence-corrected chi connectivity index (χ4v) is 2.57. The third-order valence-corrected chi connectivity index (χ3v) is 3.82. The molecule has 0 atom stereocenters. The number of primary amides is 1. The molecule has 0 aliphatic carbocycles. The SMILES string of the molecule is Cc1cc(=O)n(-c2cccc(C(N)=O)c2)cc1-c1ccc(F)cc1. The molecule has 0 aliphatic rings. The van der Waals surface area contributed by atoms with Crippen LogP contribution in [0.4, 0.5) is 4.39 Å². The van der Waals surface area contributed by atoms with E-state index in [2.05, 4.69) is 0 Å². The Bertz CT molecular complexity index is 975. The number of nitrogens with two attached hydrogens (primary N) is 1. The van der Waals surface area contributed by atoms with E-state index in [0.717, 1.165) is 16.7 Å². The molecule has 1 heterocycles. The van der Waals surface area contributed by atoms with Crippen molar-refractivity contribution < 1.29 is 9.18 Å². The highest BCUT2D eigenvalue weighted by molar-refractivity contribution is 5.93. The minimum Gasteiger partial charge on any atom is -0.366 e. The van der Waals surface area contributed by atoms with Crippen molar-refractivity contribution in [3.63, 3.8) is 0 Å². The van der Waals surface area contributed by atoms with Crippen molar-refractivity contribution in [1.29, 1.82) is 0 Å². The molecule has 2 N–H and O–H groups in total. The van der Waals surface area contributed by atoms with Crippen molar-refractivity contribution in [2.24, 2.45) is 5.73 Å². The first-order chi connectivity index (χ1) is 11.5. The summed E-state index contributed by atoms with van der Waals surface area (Å²) in [5, 5.41) is 0. The van der Waals surface area contributed by atoms with E-state index in [1.165, 1.54) is 22.8 Å². The lowest BCUT2D eigenvalue weighted by atomic mass is 10.0. The third kappa shape index (κ3) is 2.96. The maximum absolute atomic E-state index is 13.1. The molecule has 1 aromatic heterocycles. The van der Waals surface area contributed by atoms with Crippen molar-refractivity contribution in [1.82, 2.24) is 4.57 Å². The van der Waals surface area contributed by atoms with Crippen molar-refractivity contribution in [2.75, 3.05) is 0 Å². The van der Waals surface area contributed by atoms with Gasteiger partial charge in [-0.05, 0) is 48.4 Å². The van der Waals surface area contributed by atoms with Crippen LogP contribution < -0.4 is 11.3 Å². The summed E-state index contributed by atoms with van der Waals surface area (Å²) < 4.78 is 14.6. The lowest BCUT2D eigenvalue weighted by Crippen LogP contribution is -2.19. The first-order valence-corrected chi connectivity index (χ1v) is 7.35. The number of hydrogen-bond acceptors (Lipinski definition) is 2. The smallest absolute Gasteiger partial charge is 0.255 e. The van der Waals surface area contributed by atoms with Gasteiger partial charge in [0.25, 0.3) is 5.56 Å². The number of rotatable bonds is 3. The van der Waals surface area contributed by atoms with Crippen LogP contribution in [-0.2, 0) is 0 Å². The van der Waals surface area contributed by atoms with Gasteiger partial charge in [-0.3, -0.25) is 14.2 Å². The Hall–Kier alpha value is -3.21. The highest BCUT2D eigenvalue weighted by Gasteiger charge is 2.09. The highest BCUT2D eigenvalue weighted by atomic mass is 19.1. The van der Waals surface area contributed by atoms with Gasteiger partial charge in [-0.25, -0.2) is 4.39 Å². The van der Waals surface area contributed by atoms with Gasteiger partial charge in [0.2, 0.25) is 5.91 Å². The summed E-state index contributed by atoms with van der Waals surface area (Å²) in [5.41, 5.74) is 8.33. The molecule has 0 saturated heterocycles. The fourth-order valence-electron chi connectivity index (χ4n) is 2.57. The predicted octanol–water partition coefficient (Wildman–Crippen LogP) is 3.05. The van der Waals surface area contributed by atoms with Crippen LogP contribution in [0, 0.1) is 12.7 Å². The predicted molar refractivity (Wildman–Crippen MR) is 90.7 cm³/mol.